The van der Waals surface area contributed by atoms with Gasteiger partial charge in [0, 0.05) is 0 Å². The molecule has 0 spiro atoms. The summed E-state index contributed by atoms with van der Waals surface area (Å²) in [7, 11) is 0. The van der Waals surface area contributed by atoms with Crippen molar-refractivity contribution < 1.29 is 0 Å². The summed E-state index contributed by atoms with van der Waals surface area (Å²) < 4.78 is 0. The van der Waals surface area contributed by atoms with Crippen LogP contribution in [0, 0.1) is 41.5 Å². The van der Waals surface area contributed by atoms with E-state index in [-0.39, 0.29) is 14.9 Å². The summed E-state index contributed by atoms with van der Waals surface area (Å²) in [5.74, 6) is 0. The Morgan fingerprint density at radius 3 is 1.19 bits per heavy atom. The Bertz CT molecular complexity index is 1260. The lowest BCUT2D eigenvalue weighted by Gasteiger charge is -2.04. The van der Waals surface area contributed by atoms with E-state index < -0.39 is 0 Å². The van der Waals surface area contributed by atoms with Crippen LogP contribution in [-0.4, -0.2) is 0 Å². The molecule has 0 N–H and O–H groups in total. The first kappa shape index (κ1) is 32.6. The molecule has 0 radical (unpaired) electrons. The van der Waals surface area contributed by atoms with Crippen molar-refractivity contribution in [3.8, 4) is 0 Å². The minimum absolute atomic E-state index is 0. The van der Waals surface area contributed by atoms with Gasteiger partial charge in [0.2, 0.25) is 0 Å². The van der Waals surface area contributed by atoms with Crippen molar-refractivity contribution in [2.24, 2.45) is 0 Å². The molecule has 5 rings (SSSR count). The predicted octanol–water partition coefficient (Wildman–Crippen LogP) is 11.5. The first-order valence-corrected chi connectivity index (χ1v) is 12.3. The molecular formula is C36H48. The number of fused-ring (bicyclic) bond motifs is 2. The molecule has 0 heteroatoms. The summed E-state index contributed by atoms with van der Waals surface area (Å²) in [6, 6.07) is 34.2. The lowest BCUT2D eigenvalue weighted by atomic mass is 10.0. The van der Waals surface area contributed by atoms with Crippen molar-refractivity contribution in [2.75, 3.05) is 0 Å². The molecule has 0 aliphatic heterocycles. The Hall–Kier alpha value is -3.38. The van der Waals surface area contributed by atoms with Crippen molar-refractivity contribution >= 4 is 21.5 Å². The largest absolute Gasteiger partial charge is 0.0776 e. The van der Waals surface area contributed by atoms with Crippen LogP contribution >= 0.6 is 0 Å². The molecule has 0 atom stereocenters. The molecular weight excluding hydrogens is 432 g/mol. The maximum atomic E-state index is 2.24. The lowest BCUT2D eigenvalue weighted by molar-refractivity contribution is 1.34. The fourth-order valence-electron chi connectivity index (χ4n) is 3.67. The van der Waals surface area contributed by atoms with Crippen molar-refractivity contribution in [2.45, 2.75) is 70.2 Å². The van der Waals surface area contributed by atoms with Crippen LogP contribution in [0.15, 0.2) is 97.1 Å². The average Bonchev–Trinajstić information content (AvgIpc) is 2.86. The highest BCUT2D eigenvalue weighted by molar-refractivity contribution is 5.86. The summed E-state index contributed by atoms with van der Waals surface area (Å²) in [6.07, 6.45) is 0. The molecule has 0 nitrogen and oxygen atoms in total. The van der Waals surface area contributed by atoms with Crippen LogP contribution < -0.4 is 0 Å². The average molecular weight is 481 g/mol. The second kappa shape index (κ2) is 16.3. The minimum atomic E-state index is 0. The van der Waals surface area contributed by atoms with Crippen LogP contribution in [0.4, 0.5) is 0 Å². The third-order valence-corrected chi connectivity index (χ3v) is 6.26. The molecule has 5 aromatic carbocycles. The van der Waals surface area contributed by atoms with Gasteiger partial charge in [-0.1, -0.05) is 126 Å². The van der Waals surface area contributed by atoms with Gasteiger partial charge >= 0.3 is 0 Å². The van der Waals surface area contributed by atoms with Crippen LogP contribution in [0.1, 0.15) is 62.1 Å². The first-order valence-electron chi connectivity index (χ1n) is 12.3. The molecule has 0 aromatic heterocycles. The highest BCUT2D eigenvalue weighted by atomic mass is 14.0. The zero-order valence-electron chi connectivity index (χ0n) is 22.2. The van der Waals surface area contributed by atoms with E-state index in [9.17, 15) is 0 Å². The maximum Gasteiger partial charge on any atom is -0.0152 e. The van der Waals surface area contributed by atoms with E-state index in [1.54, 1.807) is 0 Å². The smallest absolute Gasteiger partial charge is 0.0152 e. The van der Waals surface area contributed by atoms with Gasteiger partial charge in [0.25, 0.3) is 0 Å². The van der Waals surface area contributed by atoms with Gasteiger partial charge < -0.3 is 0 Å². The van der Waals surface area contributed by atoms with E-state index in [1.807, 2.05) is 13.8 Å². The van der Waals surface area contributed by atoms with E-state index in [0.717, 1.165) is 0 Å². The van der Waals surface area contributed by atoms with Crippen LogP contribution in [-0.2, 0) is 0 Å². The number of rotatable bonds is 0. The Morgan fingerprint density at radius 2 is 0.750 bits per heavy atom. The molecule has 36 heavy (non-hydrogen) atoms. The molecule has 5 aromatic rings. The molecule has 0 saturated carbocycles. The number of benzene rings is 5. The summed E-state index contributed by atoms with van der Waals surface area (Å²) in [4.78, 5) is 0. The fourth-order valence-corrected chi connectivity index (χ4v) is 3.67. The monoisotopic (exact) mass is 480 g/mol. The van der Waals surface area contributed by atoms with Gasteiger partial charge in [-0.05, 0) is 96.5 Å². The molecule has 0 amide bonds. The molecule has 0 unspecified atom stereocenters. The van der Waals surface area contributed by atoms with Crippen LogP contribution in [0.5, 0.6) is 0 Å². The van der Waals surface area contributed by atoms with Gasteiger partial charge in [0.15, 0.2) is 0 Å². The predicted molar refractivity (Wildman–Crippen MR) is 168 cm³/mol. The first-order chi connectivity index (χ1) is 16.4. The summed E-state index contributed by atoms with van der Waals surface area (Å²) >= 11 is 0. The maximum absolute atomic E-state index is 2.24. The minimum Gasteiger partial charge on any atom is -0.0776 e. The van der Waals surface area contributed by atoms with Crippen LogP contribution in [0.2, 0.25) is 0 Å². The molecule has 0 aliphatic rings. The highest BCUT2D eigenvalue weighted by Crippen LogP contribution is 2.20. The van der Waals surface area contributed by atoms with E-state index in [4.69, 9.17) is 0 Å². The standard InChI is InChI=1S/2C12H12.C8H10.C2H6.2CH4/c1-9-7-11-5-3-4-6-12(11)8-10(9)2;1-9-7-8-11-5-3-4-6-12(11)10(9)2;1-7-5-3-4-6-8(7)2;1-2;;/h2*3-8H,1-2H3;3-6H,1-2H3;1-2H3;2*1H4. The normalized spacial score (nSPS) is 9.22. The van der Waals surface area contributed by atoms with E-state index in [2.05, 4.69) is 139 Å². The quantitative estimate of drug-likeness (QED) is 0.207. The zero-order chi connectivity index (χ0) is 25.1. The Morgan fingerprint density at radius 1 is 0.361 bits per heavy atom. The molecule has 0 bridgehead atoms. The van der Waals surface area contributed by atoms with Gasteiger partial charge in [-0.15, -0.1) is 0 Å². The fraction of sp³-hybridized carbons (Fsp3) is 0.278. The van der Waals surface area contributed by atoms with Crippen molar-refractivity contribution in [3.05, 3.63) is 130 Å². The third-order valence-electron chi connectivity index (χ3n) is 6.26. The summed E-state index contributed by atoms with van der Waals surface area (Å²) in [6.45, 7) is 16.9. The zero-order valence-corrected chi connectivity index (χ0v) is 22.2. The van der Waals surface area contributed by atoms with Crippen LogP contribution in [0.3, 0.4) is 0 Å². The molecule has 0 saturated heterocycles. The van der Waals surface area contributed by atoms with E-state index >= 15 is 0 Å². The van der Waals surface area contributed by atoms with Crippen LogP contribution in [0.25, 0.3) is 21.5 Å². The lowest BCUT2D eigenvalue weighted by Crippen LogP contribution is -1.82. The summed E-state index contributed by atoms with van der Waals surface area (Å²) in [5.41, 5.74) is 8.24. The van der Waals surface area contributed by atoms with Gasteiger partial charge in [0.1, 0.15) is 0 Å². The van der Waals surface area contributed by atoms with Crippen molar-refractivity contribution in [1.29, 1.82) is 0 Å². The van der Waals surface area contributed by atoms with Crippen molar-refractivity contribution in [3.63, 3.8) is 0 Å². The number of aryl methyl sites for hydroxylation is 6. The number of hydrogen-bond donors (Lipinski definition) is 0. The van der Waals surface area contributed by atoms with E-state index in [0.29, 0.717) is 0 Å². The van der Waals surface area contributed by atoms with Crippen molar-refractivity contribution in [1.82, 2.24) is 0 Å². The topological polar surface area (TPSA) is 0 Å². The molecule has 0 fully saturated rings. The highest BCUT2D eigenvalue weighted by Gasteiger charge is 1.97. The number of hydrogen-bond acceptors (Lipinski definition) is 0. The molecule has 0 heterocycles. The Labute approximate surface area is 222 Å². The Balaban J connectivity index is 0.000000489. The van der Waals surface area contributed by atoms with Gasteiger partial charge in [-0.3, -0.25) is 0 Å². The van der Waals surface area contributed by atoms with Gasteiger partial charge in [-0.2, -0.15) is 0 Å². The third kappa shape index (κ3) is 9.00. The van der Waals surface area contributed by atoms with Gasteiger partial charge in [0.05, 0.1) is 0 Å². The summed E-state index contributed by atoms with van der Waals surface area (Å²) in [5, 5.41) is 5.37. The Kier molecular flexibility index (Phi) is 14.8. The van der Waals surface area contributed by atoms with E-state index in [1.165, 1.54) is 54.9 Å². The molecule has 192 valence electrons. The van der Waals surface area contributed by atoms with Gasteiger partial charge in [-0.25, -0.2) is 0 Å². The molecule has 0 aliphatic carbocycles. The SMILES string of the molecule is C.C.CC.Cc1cc2ccccc2cc1C.Cc1ccc2ccccc2c1C.Cc1ccccc1C. The second-order valence-corrected chi connectivity index (χ2v) is 8.60. The second-order valence-electron chi connectivity index (χ2n) is 8.60.